The topological polar surface area (TPSA) is 24.9 Å². The number of rotatable bonds is 4. The average Bonchev–Trinajstić information content (AvgIpc) is 2.16. The molecule has 72 valence electrons. The normalized spacial score (nSPS) is 12.8. The minimum absolute atomic E-state index is 0.0335. The van der Waals surface area contributed by atoms with Crippen LogP contribution in [-0.2, 0) is 0 Å². The van der Waals surface area contributed by atoms with E-state index in [1.54, 1.807) is 12.3 Å². The fraction of sp³-hybridized carbons (Fsp3) is 0.500. The summed E-state index contributed by atoms with van der Waals surface area (Å²) in [6, 6.07) is 3.09. The van der Waals surface area contributed by atoms with Crippen LogP contribution in [0, 0.1) is 5.82 Å². The Morgan fingerprint density at radius 2 is 2.31 bits per heavy atom. The van der Waals surface area contributed by atoms with Crippen LogP contribution < -0.4 is 5.32 Å². The Hall–Kier alpha value is -0.960. The van der Waals surface area contributed by atoms with Crippen molar-refractivity contribution in [3.63, 3.8) is 0 Å². The number of halogens is 1. The van der Waals surface area contributed by atoms with Gasteiger partial charge in [0, 0.05) is 6.20 Å². The smallest absolute Gasteiger partial charge is 0.146 e. The number of nitrogens with zero attached hydrogens (tertiary/aromatic N) is 1. The van der Waals surface area contributed by atoms with E-state index in [0.717, 1.165) is 13.0 Å². The van der Waals surface area contributed by atoms with Crippen LogP contribution in [0.5, 0.6) is 0 Å². The van der Waals surface area contributed by atoms with Gasteiger partial charge in [-0.15, -0.1) is 0 Å². The number of aromatic nitrogens is 1. The zero-order chi connectivity index (χ0) is 9.68. The van der Waals surface area contributed by atoms with Gasteiger partial charge in [-0.2, -0.15) is 0 Å². The molecule has 0 fully saturated rings. The van der Waals surface area contributed by atoms with Crippen molar-refractivity contribution < 1.29 is 4.39 Å². The summed E-state index contributed by atoms with van der Waals surface area (Å²) in [5.74, 6) is -0.227. The molecule has 1 N–H and O–H groups in total. The van der Waals surface area contributed by atoms with Crippen LogP contribution >= 0.6 is 0 Å². The van der Waals surface area contributed by atoms with Crippen molar-refractivity contribution in [2.45, 2.75) is 26.3 Å². The fourth-order valence-corrected chi connectivity index (χ4v) is 1.34. The molecule has 1 aromatic rings. The van der Waals surface area contributed by atoms with Gasteiger partial charge < -0.3 is 5.32 Å². The van der Waals surface area contributed by atoms with E-state index in [0.29, 0.717) is 5.69 Å². The molecule has 1 aromatic heterocycles. The van der Waals surface area contributed by atoms with Crippen LogP contribution in [0.2, 0.25) is 0 Å². The molecule has 3 heteroatoms. The highest BCUT2D eigenvalue weighted by atomic mass is 19.1. The van der Waals surface area contributed by atoms with Gasteiger partial charge in [-0.3, -0.25) is 4.98 Å². The van der Waals surface area contributed by atoms with Gasteiger partial charge in [0.15, 0.2) is 0 Å². The second kappa shape index (κ2) is 4.92. The van der Waals surface area contributed by atoms with Crippen LogP contribution in [0.4, 0.5) is 4.39 Å². The maximum Gasteiger partial charge on any atom is 0.146 e. The van der Waals surface area contributed by atoms with Gasteiger partial charge in [-0.25, -0.2) is 4.39 Å². The quantitative estimate of drug-likeness (QED) is 0.772. The molecular formula is C10H15FN2. The van der Waals surface area contributed by atoms with E-state index in [-0.39, 0.29) is 11.9 Å². The van der Waals surface area contributed by atoms with E-state index in [9.17, 15) is 4.39 Å². The van der Waals surface area contributed by atoms with Crippen molar-refractivity contribution in [3.8, 4) is 0 Å². The zero-order valence-corrected chi connectivity index (χ0v) is 8.05. The molecule has 1 rings (SSSR count). The van der Waals surface area contributed by atoms with E-state index in [2.05, 4.69) is 10.3 Å². The van der Waals surface area contributed by atoms with Crippen molar-refractivity contribution in [1.29, 1.82) is 0 Å². The Labute approximate surface area is 78.2 Å². The molecule has 1 heterocycles. The summed E-state index contributed by atoms with van der Waals surface area (Å²) >= 11 is 0. The first-order valence-corrected chi connectivity index (χ1v) is 4.63. The summed E-state index contributed by atoms with van der Waals surface area (Å²) in [5.41, 5.74) is 0.520. The highest BCUT2D eigenvalue weighted by molar-refractivity contribution is 5.11. The van der Waals surface area contributed by atoms with Gasteiger partial charge in [0.1, 0.15) is 5.82 Å². The second-order valence-corrected chi connectivity index (χ2v) is 2.89. The molecule has 0 bridgehead atoms. The minimum atomic E-state index is -0.227. The Kier molecular flexibility index (Phi) is 3.83. The first-order chi connectivity index (χ1) is 6.29. The predicted molar refractivity (Wildman–Crippen MR) is 50.9 cm³/mol. The van der Waals surface area contributed by atoms with Crippen LogP contribution in [0.25, 0.3) is 0 Å². The lowest BCUT2D eigenvalue weighted by Crippen LogP contribution is -2.22. The molecule has 0 amide bonds. The Morgan fingerprint density at radius 3 is 2.85 bits per heavy atom. The summed E-state index contributed by atoms with van der Waals surface area (Å²) in [6.45, 7) is 4.85. The van der Waals surface area contributed by atoms with E-state index >= 15 is 0 Å². The van der Waals surface area contributed by atoms with Gasteiger partial charge >= 0.3 is 0 Å². The standard InChI is InChI=1S/C10H15FN2/c1-3-9(12-4-2)10-8(11)6-5-7-13-10/h5-7,9,12H,3-4H2,1-2H3. The molecule has 1 unspecified atom stereocenters. The summed E-state index contributed by atoms with van der Waals surface area (Å²) in [7, 11) is 0. The molecule has 0 spiro atoms. The lowest BCUT2D eigenvalue weighted by molar-refractivity contribution is 0.486. The Bertz CT molecular complexity index is 263. The number of hydrogen-bond donors (Lipinski definition) is 1. The van der Waals surface area contributed by atoms with Crippen LogP contribution in [-0.4, -0.2) is 11.5 Å². The van der Waals surface area contributed by atoms with Crippen molar-refractivity contribution in [2.24, 2.45) is 0 Å². The third-order valence-corrected chi connectivity index (χ3v) is 1.98. The van der Waals surface area contributed by atoms with Gasteiger partial charge in [0.05, 0.1) is 11.7 Å². The van der Waals surface area contributed by atoms with Crippen molar-refractivity contribution in [3.05, 3.63) is 29.8 Å². The molecule has 13 heavy (non-hydrogen) atoms. The minimum Gasteiger partial charge on any atom is -0.309 e. The van der Waals surface area contributed by atoms with E-state index < -0.39 is 0 Å². The highest BCUT2D eigenvalue weighted by Crippen LogP contribution is 2.16. The molecule has 0 radical (unpaired) electrons. The number of nitrogens with one attached hydrogen (secondary N) is 1. The van der Waals surface area contributed by atoms with E-state index in [1.807, 2.05) is 13.8 Å². The zero-order valence-electron chi connectivity index (χ0n) is 8.05. The van der Waals surface area contributed by atoms with Crippen molar-refractivity contribution >= 4 is 0 Å². The lowest BCUT2D eigenvalue weighted by atomic mass is 10.1. The van der Waals surface area contributed by atoms with Crippen LogP contribution in [0.3, 0.4) is 0 Å². The molecular weight excluding hydrogens is 167 g/mol. The molecule has 0 aromatic carbocycles. The summed E-state index contributed by atoms with van der Waals surface area (Å²) in [6.07, 6.45) is 2.47. The highest BCUT2D eigenvalue weighted by Gasteiger charge is 2.12. The Balaban J connectivity index is 2.84. The second-order valence-electron chi connectivity index (χ2n) is 2.89. The molecule has 0 saturated carbocycles. The predicted octanol–water partition coefficient (Wildman–Crippen LogP) is 2.28. The van der Waals surface area contributed by atoms with Crippen LogP contribution in [0.15, 0.2) is 18.3 Å². The van der Waals surface area contributed by atoms with Crippen molar-refractivity contribution in [2.75, 3.05) is 6.54 Å². The largest absolute Gasteiger partial charge is 0.309 e. The lowest BCUT2D eigenvalue weighted by Gasteiger charge is -2.15. The molecule has 0 aliphatic carbocycles. The maximum atomic E-state index is 13.2. The fourth-order valence-electron chi connectivity index (χ4n) is 1.34. The van der Waals surface area contributed by atoms with Gasteiger partial charge in [-0.05, 0) is 25.1 Å². The van der Waals surface area contributed by atoms with E-state index in [4.69, 9.17) is 0 Å². The third kappa shape index (κ3) is 2.49. The molecule has 2 nitrogen and oxygen atoms in total. The monoisotopic (exact) mass is 182 g/mol. The average molecular weight is 182 g/mol. The summed E-state index contributed by atoms with van der Waals surface area (Å²) < 4.78 is 13.2. The van der Waals surface area contributed by atoms with E-state index in [1.165, 1.54) is 6.07 Å². The first kappa shape index (κ1) is 10.1. The maximum absolute atomic E-state index is 13.2. The summed E-state index contributed by atoms with van der Waals surface area (Å²) in [4.78, 5) is 4.03. The third-order valence-electron chi connectivity index (χ3n) is 1.98. The SMILES string of the molecule is CCNC(CC)c1ncccc1F. The van der Waals surface area contributed by atoms with Gasteiger partial charge in [0.25, 0.3) is 0 Å². The Morgan fingerprint density at radius 1 is 1.54 bits per heavy atom. The summed E-state index contributed by atoms with van der Waals surface area (Å²) in [5, 5.41) is 3.19. The van der Waals surface area contributed by atoms with Gasteiger partial charge in [0.2, 0.25) is 0 Å². The number of pyridine rings is 1. The molecule has 0 aliphatic heterocycles. The van der Waals surface area contributed by atoms with Crippen LogP contribution in [0.1, 0.15) is 32.0 Å². The molecule has 0 aliphatic rings. The number of hydrogen-bond acceptors (Lipinski definition) is 2. The molecule has 0 saturated heterocycles. The first-order valence-electron chi connectivity index (χ1n) is 4.63. The molecule has 1 atom stereocenters. The van der Waals surface area contributed by atoms with Gasteiger partial charge in [-0.1, -0.05) is 13.8 Å². The van der Waals surface area contributed by atoms with Crippen molar-refractivity contribution in [1.82, 2.24) is 10.3 Å².